The molecule has 9 nitrogen and oxygen atoms in total. The van der Waals surface area contributed by atoms with Crippen LogP contribution in [0.5, 0.6) is 23.0 Å². The fourth-order valence-electron chi connectivity index (χ4n) is 3.24. The molecule has 1 aliphatic rings. The molecule has 0 spiro atoms. The van der Waals surface area contributed by atoms with Crippen LogP contribution in [0.2, 0.25) is 0 Å². The van der Waals surface area contributed by atoms with Crippen molar-refractivity contribution in [2.75, 3.05) is 21.3 Å². The first-order valence-corrected chi connectivity index (χ1v) is 8.21. The highest BCUT2D eigenvalue weighted by Crippen LogP contribution is 2.46. The van der Waals surface area contributed by atoms with E-state index in [9.17, 15) is 15.3 Å². The number of hydrogen-bond donors (Lipinski definition) is 2. The van der Waals surface area contributed by atoms with E-state index in [0.29, 0.717) is 27.5 Å². The normalized spacial score (nSPS) is 15.3. The van der Waals surface area contributed by atoms with Gasteiger partial charge in [0.05, 0.1) is 38.5 Å². The standard InChI is InChI=1S/C19H19N3O6/c1-9-5-12-16(19(23)22(9)24)15(11(8-20)18(21)28-12)10-6-13(25-2)17(27-4)14(7-10)26-3/h5-7,15,24H,21H2,1-4H3. The Hall–Kier alpha value is -3.80. The molecule has 0 bridgehead atoms. The van der Waals surface area contributed by atoms with Gasteiger partial charge in [0, 0.05) is 6.07 Å². The third-order valence-corrected chi connectivity index (χ3v) is 4.57. The number of nitriles is 1. The van der Waals surface area contributed by atoms with Crippen LogP contribution in [-0.2, 0) is 0 Å². The van der Waals surface area contributed by atoms with Gasteiger partial charge < -0.3 is 29.9 Å². The summed E-state index contributed by atoms with van der Waals surface area (Å²) in [6, 6.07) is 6.71. The van der Waals surface area contributed by atoms with Crippen molar-refractivity contribution in [3.63, 3.8) is 0 Å². The number of fused-ring (bicyclic) bond motifs is 1. The van der Waals surface area contributed by atoms with E-state index >= 15 is 0 Å². The first-order valence-electron chi connectivity index (χ1n) is 8.21. The molecule has 0 amide bonds. The fourth-order valence-corrected chi connectivity index (χ4v) is 3.24. The second-order valence-electron chi connectivity index (χ2n) is 6.06. The highest BCUT2D eigenvalue weighted by molar-refractivity contribution is 5.61. The fraction of sp³-hybridized carbons (Fsp3) is 0.263. The molecule has 0 radical (unpaired) electrons. The Kier molecular flexibility index (Phi) is 4.79. The monoisotopic (exact) mass is 385 g/mol. The Morgan fingerprint density at radius 3 is 2.29 bits per heavy atom. The van der Waals surface area contributed by atoms with Crippen LogP contribution in [0.3, 0.4) is 0 Å². The molecule has 0 aliphatic carbocycles. The zero-order chi connectivity index (χ0) is 20.6. The van der Waals surface area contributed by atoms with Gasteiger partial charge in [-0.2, -0.15) is 9.99 Å². The van der Waals surface area contributed by atoms with E-state index in [2.05, 4.69) is 0 Å². The van der Waals surface area contributed by atoms with Crippen molar-refractivity contribution in [2.24, 2.45) is 5.73 Å². The number of allylic oxidation sites excluding steroid dienone is 1. The highest BCUT2D eigenvalue weighted by atomic mass is 16.5. The van der Waals surface area contributed by atoms with Crippen molar-refractivity contribution >= 4 is 0 Å². The van der Waals surface area contributed by atoms with Crippen LogP contribution in [0.25, 0.3) is 0 Å². The molecule has 0 saturated carbocycles. The predicted octanol–water partition coefficient (Wildman–Crippen LogP) is 1.64. The molecule has 2 heterocycles. The van der Waals surface area contributed by atoms with Crippen LogP contribution in [-0.4, -0.2) is 31.3 Å². The Balaban J connectivity index is 2.37. The maximum absolute atomic E-state index is 12.8. The topological polar surface area (TPSA) is 129 Å². The third kappa shape index (κ3) is 2.75. The lowest BCUT2D eigenvalue weighted by Gasteiger charge is -2.27. The lowest BCUT2D eigenvalue weighted by molar-refractivity contribution is 0.165. The minimum atomic E-state index is -0.894. The predicted molar refractivity (Wildman–Crippen MR) is 98.0 cm³/mol. The lowest BCUT2D eigenvalue weighted by atomic mass is 9.83. The summed E-state index contributed by atoms with van der Waals surface area (Å²) in [5.41, 5.74) is 6.09. The Labute approximate surface area is 160 Å². The molecule has 3 N–H and O–H groups in total. The van der Waals surface area contributed by atoms with Crippen molar-refractivity contribution in [1.82, 2.24) is 4.73 Å². The molecular formula is C19H19N3O6. The second kappa shape index (κ2) is 7.08. The van der Waals surface area contributed by atoms with Crippen LogP contribution >= 0.6 is 0 Å². The highest BCUT2D eigenvalue weighted by Gasteiger charge is 2.35. The molecule has 2 aromatic rings. The summed E-state index contributed by atoms with van der Waals surface area (Å²) in [5.74, 6) is 0.203. The number of nitrogens with zero attached hydrogens (tertiary/aromatic N) is 2. The number of ether oxygens (including phenoxy) is 4. The SMILES string of the molecule is COc1cc(C2C(C#N)=C(N)Oc3cc(C)n(O)c(=O)c32)cc(OC)c1OC. The van der Waals surface area contributed by atoms with Gasteiger partial charge in [-0.15, -0.1) is 0 Å². The summed E-state index contributed by atoms with van der Waals surface area (Å²) in [4.78, 5) is 12.8. The summed E-state index contributed by atoms with van der Waals surface area (Å²) in [6.07, 6.45) is 0. The van der Waals surface area contributed by atoms with Crippen LogP contribution in [0.4, 0.5) is 0 Å². The van der Waals surface area contributed by atoms with E-state index in [1.54, 1.807) is 19.1 Å². The number of pyridine rings is 1. The molecule has 1 aromatic carbocycles. The number of hydrogen-bond acceptors (Lipinski definition) is 8. The van der Waals surface area contributed by atoms with Crippen molar-refractivity contribution in [2.45, 2.75) is 12.8 Å². The van der Waals surface area contributed by atoms with Crippen LogP contribution < -0.4 is 30.2 Å². The molecule has 1 atom stereocenters. The Morgan fingerprint density at radius 2 is 1.79 bits per heavy atom. The van der Waals surface area contributed by atoms with E-state index in [1.165, 1.54) is 27.4 Å². The van der Waals surface area contributed by atoms with Gasteiger partial charge in [0.15, 0.2) is 11.5 Å². The summed E-state index contributed by atoms with van der Waals surface area (Å²) < 4.78 is 22.0. The van der Waals surface area contributed by atoms with Crippen molar-refractivity contribution in [1.29, 1.82) is 5.26 Å². The average Bonchev–Trinajstić information content (AvgIpc) is 2.69. The lowest BCUT2D eigenvalue weighted by Crippen LogP contribution is -2.31. The van der Waals surface area contributed by atoms with Gasteiger partial charge in [0.25, 0.3) is 5.56 Å². The minimum absolute atomic E-state index is 0.0303. The van der Waals surface area contributed by atoms with E-state index < -0.39 is 11.5 Å². The van der Waals surface area contributed by atoms with Gasteiger partial charge in [-0.25, -0.2) is 0 Å². The van der Waals surface area contributed by atoms with Crippen LogP contribution in [0.1, 0.15) is 22.7 Å². The molecule has 28 heavy (non-hydrogen) atoms. The number of nitrogens with two attached hydrogens (primary N) is 1. The van der Waals surface area contributed by atoms with E-state index in [4.69, 9.17) is 24.7 Å². The maximum Gasteiger partial charge on any atom is 0.291 e. The van der Waals surface area contributed by atoms with Crippen molar-refractivity contribution < 1.29 is 24.2 Å². The Bertz CT molecular complexity index is 1060. The number of rotatable bonds is 4. The molecule has 146 valence electrons. The molecule has 1 aliphatic heterocycles. The quantitative estimate of drug-likeness (QED) is 0.760. The Morgan fingerprint density at radius 1 is 1.18 bits per heavy atom. The zero-order valence-electron chi connectivity index (χ0n) is 15.8. The molecule has 0 saturated heterocycles. The van der Waals surface area contributed by atoms with Gasteiger partial charge >= 0.3 is 0 Å². The van der Waals surface area contributed by atoms with E-state index in [0.717, 1.165) is 0 Å². The third-order valence-electron chi connectivity index (χ3n) is 4.57. The van der Waals surface area contributed by atoms with Gasteiger partial charge in [-0.1, -0.05) is 0 Å². The van der Waals surface area contributed by atoms with Crippen molar-refractivity contribution in [3.05, 3.63) is 56.8 Å². The first-order chi connectivity index (χ1) is 13.4. The smallest absolute Gasteiger partial charge is 0.291 e. The molecule has 1 aromatic heterocycles. The summed E-state index contributed by atoms with van der Waals surface area (Å²) in [7, 11) is 4.38. The van der Waals surface area contributed by atoms with E-state index in [1.807, 2.05) is 6.07 Å². The maximum atomic E-state index is 12.8. The first kappa shape index (κ1) is 19.0. The van der Waals surface area contributed by atoms with Gasteiger partial charge in [0.2, 0.25) is 11.6 Å². The largest absolute Gasteiger partial charge is 0.493 e. The van der Waals surface area contributed by atoms with Crippen molar-refractivity contribution in [3.8, 4) is 29.1 Å². The molecule has 3 rings (SSSR count). The average molecular weight is 385 g/mol. The second-order valence-corrected chi connectivity index (χ2v) is 6.06. The van der Waals surface area contributed by atoms with Crippen LogP contribution in [0.15, 0.2) is 34.4 Å². The summed E-state index contributed by atoms with van der Waals surface area (Å²) in [6.45, 7) is 1.54. The summed E-state index contributed by atoms with van der Waals surface area (Å²) in [5, 5.41) is 19.7. The minimum Gasteiger partial charge on any atom is -0.493 e. The zero-order valence-corrected chi connectivity index (χ0v) is 15.8. The number of aromatic nitrogens is 1. The van der Waals surface area contributed by atoms with Crippen LogP contribution in [0, 0.1) is 18.3 Å². The molecular weight excluding hydrogens is 366 g/mol. The van der Waals surface area contributed by atoms with Gasteiger partial charge in [0.1, 0.15) is 17.4 Å². The van der Waals surface area contributed by atoms with E-state index in [-0.39, 0.29) is 28.5 Å². The number of aryl methyl sites for hydroxylation is 1. The number of benzene rings is 1. The molecule has 1 unspecified atom stereocenters. The molecule has 9 heteroatoms. The molecule has 0 fully saturated rings. The van der Waals surface area contributed by atoms with Gasteiger partial charge in [-0.05, 0) is 24.6 Å². The number of methoxy groups -OCH3 is 3. The summed E-state index contributed by atoms with van der Waals surface area (Å²) >= 11 is 0. The van der Waals surface area contributed by atoms with Gasteiger partial charge in [-0.3, -0.25) is 4.79 Å².